The van der Waals surface area contributed by atoms with Crippen LogP contribution >= 0.6 is 23.5 Å². The fraction of sp³-hybridized carbons (Fsp3) is 0.471. The zero-order chi connectivity index (χ0) is 21.1. The van der Waals surface area contributed by atoms with Crippen molar-refractivity contribution >= 4 is 47.3 Å². The molecular formula is C17H23N3O6S2. The lowest BCUT2D eigenvalue weighted by atomic mass is 10.2. The summed E-state index contributed by atoms with van der Waals surface area (Å²) in [5.41, 5.74) is -0.0794. The van der Waals surface area contributed by atoms with Crippen LogP contribution in [0.15, 0.2) is 18.2 Å². The van der Waals surface area contributed by atoms with Crippen LogP contribution in [0.5, 0.6) is 0 Å². The lowest BCUT2D eigenvalue weighted by Crippen LogP contribution is -2.44. The Morgan fingerprint density at radius 1 is 0.893 bits per heavy atom. The van der Waals surface area contributed by atoms with E-state index in [0.717, 1.165) is 0 Å². The van der Waals surface area contributed by atoms with Crippen molar-refractivity contribution in [3.8, 4) is 0 Å². The summed E-state index contributed by atoms with van der Waals surface area (Å²) in [6.07, 6.45) is 3.58. The summed E-state index contributed by atoms with van der Waals surface area (Å²) in [6.45, 7) is 0. The molecule has 0 bridgehead atoms. The molecule has 11 heteroatoms. The Morgan fingerprint density at radius 3 is 1.61 bits per heavy atom. The quantitative estimate of drug-likeness (QED) is 0.507. The first kappa shape index (κ1) is 23.8. The molecule has 0 aliphatic carbocycles. The number of aromatic nitrogens is 1. The second kappa shape index (κ2) is 12.2. The molecule has 28 heavy (non-hydrogen) atoms. The molecule has 0 aliphatic heterocycles. The summed E-state index contributed by atoms with van der Waals surface area (Å²) in [7, 11) is 2.47. The van der Waals surface area contributed by atoms with Crippen molar-refractivity contribution in [2.45, 2.75) is 12.1 Å². The van der Waals surface area contributed by atoms with Gasteiger partial charge in [0.15, 0.2) is 0 Å². The minimum atomic E-state index is -0.836. The van der Waals surface area contributed by atoms with E-state index in [4.69, 9.17) is 0 Å². The van der Waals surface area contributed by atoms with E-state index in [2.05, 4.69) is 25.1 Å². The summed E-state index contributed by atoms with van der Waals surface area (Å²) in [5.74, 6) is -1.73. The Hall–Kier alpha value is -2.27. The maximum Gasteiger partial charge on any atom is 0.329 e. The van der Waals surface area contributed by atoms with Gasteiger partial charge in [0, 0.05) is 11.5 Å². The smallest absolute Gasteiger partial charge is 0.329 e. The Labute approximate surface area is 171 Å². The summed E-state index contributed by atoms with van der Waals surface area (Å²) < 4.78 is 9.33. The normalized spacial score (nSPS) is 12.4. The molecule has 2 amide bonds. The van der Waals surface area contributed by atoms with Gasteiger partial charge in [-0.3, -0.25) is 9.59 Å². The van der Waals surface area contributed by atoms with E-state index in [-0.39, 0.29) is 11.4 Å². The first-order valence-electron chi connectivity index (χ1n) is 8.10. The maximum atomic E-state index is 12.4. The van der Waals surface area contributed by atoms with Crippen molar-refractivity contribution in [1.29, 1.82) is 0 Å². The highest BCUT2D eigenvalue weighted by atomic mass is 32.2. The van der Waals surface area contributed by atoms with Gasteiger partial charge in [-0.15, -0.1) is 0 Å². The standard InChI is InChI=1S/C17H23N3O6S2/c1-25-16(23)12(8-27-3)19-14(21)10-6-5-7-11(18-10)15(22)20-13(9-28-4)17(24)26-2/h5-7,12-13H,8-9H2,1-4H3,(H,19,21)(H,20,22)/t12-,13-/m0/s1. The number of carbonyl (C=O) groups excluding carboxylic acids is 4. The number of rotatable bonds is 10. The van der Waals surface area contributed by atoms with Crippen LogP contribution in [0.25, 0.3) is 0 Å². The van der Waals surface area contributed by atoms with E-state index in [1.165, 1.54) is 55.9 Å². The van der Waals surface area contributed by atoms with Crippen LogP contribution in [0.4, 0.5) is 0 Å². The summed E-state index contributed by atoms with van der Waals surface area (Å²) >= 11 is 2.74. The Morgan fingerprint density at radius 2 is 1.29 bits per heavy atom. The number of nitrogens with one attached hydrogen (secondary N) is 2. The molecule has 0 saturated carbocycles. The molecule has 0 aliphatic rings. The van der Waals surface area contributed by atoms with Gasteiger partial charge in [0.25, 0.3) is 11.8 Å². The zero-order valence-electron chi connectivity index (χ0n) is 16.0. The Bertz CT molecular complexity index is 661. The van der Waals surface area contributed by atoms with Crippen LogP contribution in [-0.2, 0) is 19.1 Å². The van der Waals surface area contributed by atoms with Crippen LogP contribution in [0.3, 0.4) is 0 Å². The average Bonchev–Trinajstić information content (AvgIpc) is 2.71. The first-order valence-corrected chi connectivity index (χ1v) is 10.9. The van der Waals surface area contributed by atoms with E-state index in [1.54, 1.807) is 12.5 Å². The number of carbonyl (C=O) groups is 4. The highest BCUT2D eigenvalue weighted by Crippen LogP contribution is 2.06. The third kappa shape index (κ3) is 7.04. The van der Waals surface area contributed by atoms with E-state index in [9.17, 15) is 19.2 Å². The second-order valence-electron chi connectivity index (χ2n) is 5.42. The molecular weight excluding hydrogens is 406 g/mol. The van der Waals surface area contributed by atoms with Gasteiger partial charge in [-0.2, -0.15) is 23.5 Å². The molecule has 2 N–H and O–H groups in total. The Kier molecular flexibility index (Phi) is 10.4. The lowest BCUT2D eigenvalue weighted by Gasteiger charge is -2.16. The van der Waals surface area contributed by atoms with Crippen LogP contribution < -0.4 is 10.6 Å². The number of methoxy groups -OCH3 is 2. The molecule has 2 atom stereocenters. The average molecular weight is 430 g/mol. The number of ether oxygens (including phenoxy) is 2. The van der Waals surface area contributed by atoms with Gasteiger partial charge in [-0.05, 0) is 24.6 Å². The lowest BCUT2D eigenvalue weighted by molar-refractivity contribution is -0.143. The van der Waals surface area contributed by atoms with Gasteiger partial charge < -0.3 is 20.1 Å². The third-order valence-electron chi connectivity index (χ3n) is 3.46. The molecule has 1 rings (SSSR count). The highest BCUT2D eigenvalue weighted by Gasteiger charge is 2.24. The molecule has 0 unspecified atom stereocenters. The van der Waals surface area contributed by atoms with Gasteiger partial charge >= 0.3 is 11.9 Å². The molecule has 1 aromatic heterocycles. The highest BCUT2D eigenvalue weighted by molar-refractivity contribution is 7.98. The van der Waals surface area contributed by atoms with Crippen molar-refractivity contribution in [2.75, 3.05) is 38.2 Å². The fourth-order valence-corrected chi connectivity index (χ4v) is 3.21. The third-order valence-corrected chi connectivity index (χ3v) is 4.80. The predicted molar refractivity (Wildman–Crippen MR) is 108 cm³/mol. The monoisotopic (exact) mass is 429 g/mol. The van der Waals surface area contributed by atoms with Crippen molar-refractivity contribution < 1.29 is 28.7 Å². The minimum absolute atomic E-state index is 0.0397. The number of esters is 2. The van der Waals surface area contributed by atoms with Crippen molar-refractivity contribution in [3.63, 3.8) is 0 Å². The van der Waals surface area contributed by atoms with Crippen molar-refractivity contribution in [1.82, 2.24) is 15.6 Å². The molecule has 0 spiro atoms. The van der Waals surface area contributed by atoms with Gasteiger partial charge in [0.2, 0.25) is 0 Å². The number of pyridine rings is 1. The molecule has 1 aromatic rings. The number of thioether (sulfide) groups is 2. The molecule has 1 heterocycles. The SMILES string of the molecule is COC(=O)[C@H](CSC)NC(=O)c1cccc(C(=O)N[C@@H](CSC)C(=O)OC)n1. The fourth-order valence-electron chi connectivity index (χ4n) is 2.11. The van der Waals surface area contributed by atoms with Crippen LogP contribution in [0.1, 0.15) is 21.0 Å². The minimum Gasteiger partial charge on any atom is -0.467 e. The van der Waals surface area contributed by atoms with Crippen molar-refractivity contribution in [3.05, 3.63) is 29.6 Å². The van der Waals surface area contributed by atoms with E-state index in [1.807, 2.05) is 0 Å². The first-order chi connectivity index (χ1) is 13.4. The molecule has 0 radical (unpaired) electrons. The van der Waals surface area contributed by atoms with Gasteiger partial charge in [-0.25, -0.2) is 14.6 Å². The van der Waals surface area contributed by atoms with Gasteiger partial charge in [0.1, 0.15) is 23.5 Å². The van der Waals surface area contributed by atoms with Crippen LogP contribution in [0, 0.1) is 0 Å². The Balaban J connectivity index is 2.92. The number of hydrogen-bond acceptors (Lipinski definition) is 9. The van der Waals surface area contributed by atoms with Gasteiger partial charge in [0.05, 0.1) is 14.2 Å². The van der Waals surface area contributed by atoms with E-state index < -0.39 is 35.8 Å². The summed E-state index contributed by atoms with van der Waals surface area (Å²) in [4.78, 5) is 52.3. The zero-order valence-corrected chi connectivity index (χ0v) is 17.6. The molecule has 0 saturated heterocycles. The molecule has 154 valence electrons. The number of nitrogens with zero attached hydrogens (tertiary/aromatic N) is 1. The molecule has 0 aromatic carbocycles. The largest absolute Gasteiger partial charge is 0.467 e. The second-order valence-corrected chi connectivity index (χ2v) is 7.24. The summed E-state index contributed by atoms with van der Waals surface area (Å²) in [5, 5.41) is 5.07. The summed E-state index contributed by atoms with van der Waals surface area (Å²) in [6, 6.07) is 2.65. The molecule has 9 nitrogen and oxygen atoms in total. The van der Waals surface area contributed by atoms with Crippen LogP contribution in [0.2, 0.25) is 0 Å². The van der Waals surface area contributed by atoms with Crippen molar-refractivity contribution in [2.24, 2.45) is 0 Å². The van der Waals surface area contributed by atoms with Crippen LogP contribution in [-0.4, -0.2) is 79.1 Å². The maximum absolute atomic E-state index is 12.4. The molecule has 0 fully saturated rings. The van der Waals surface area contributed by atoms with E-state index >= 15 is 0 Å². The number of hydrogen-bond donors (Lipinski definition) is 2. The number of amides is 2. The van der Waals surface area contributed by atoms with E-state index in [0.29, 0.717) is 11.5 Å². The topological polar surface area (TPSA) is 124 Å². The van der Waals surface area contributed by atoms with Gasteiger partial charge in [-0.1, -0.05) is 6.07 Å². The predicted octanol–water partition coefficient (Wildman–Crippen LogP) is 0.350.